The van der Waals surface area contributed by atoms with Crippen LogP contribution < -0.4 is 15.0 Å². The summed E-state index contributed by atoms with van der Waals surface area (Å²) < 4.78 is 123. The van der Waals surface area contributed by atoms with Crippen molar-refractivity contribution in [1.29, 1.82) is 0 Å². The summed E-state index contributed by atoms with van der Waals surface area (Å²) >= 11 is 0. The maximum Gasteiger partial charge on any atom is 0.277 e. The number of sulfonamides is 1. The zero-order valence-corrected chi connectivity index (χ0v) is 20.8. The highest BCUT2D eigenvalue weighted by Crippen LogP contribution is 2.31. The van der Waals surface area contributed by atoms with E-state index in [9.17, 15) is 13.2 Å². The van der Waals surface area contributed by atoms with Gasteiger partial charge in [0.25, 0.3) is 5.56 Å². The highest BCUT2D eigenvalue weighted by atomic mass is 32.2. The average molecular weight is 528 g/mol. The minimum atomic E-state index is -4.63. The Morgan fingerprint density at radius 2 is 2.25 bits per heavy atom. The summed E-state index contributed by atoms with van der Waals surface area (Å²) in [4.78, 5) is 20.7. The van der Waals surface area contributed by atoms with Gasteiger partial charge in [0.2, 0.25) is 10.0 Å². The zero-order valence-electron chi connectivity index (χ0n) is 31.0. The summed E-state index contributed by atoms with van der Waals surface area (Å²) in [6, 6.07) is 2.30. The Labute approximate surface area is 227 Å². The van der Waals surface area contributed by atoms with Crippen molar-refractivity contribution in [3.8, 4) is 17.1 Å². The number of likely N-dealkylation sites (tertiary alicyclic amines) is 1. The van der Waals surface area contributed by atoms with E-state index in [-0.39, 0.29) is 53.4 Å². The fraction of sp³-hybridized carbons (Fsp3) is 0.560. The first-order chi connectivity index (χ1) is 21.5. The molecule has 2 unspecified atom stereocenters. The molecular weight excluding hydrogens is 480 g/mol. The van der Waals surface area contributed by atoms with Gasteiger partial charge in [-0.3, -0.25) is 9.48 Å². The Morgan fingerprint density at radius 1 is 1.39 bits per heavy atom. The van der Waals surface area contributed by atoms with Gasteiger partial charge >= 0.3 is 0 Å². The van der Waals surface area contributed by atoms with Crippen molar-refractivity contribution in [2.75, 3.05) is 26.6 Å². The topological polar surface area (TPSA) is 122 Å². The van der Waals surface area contributed by atoms with Crippen molar-refractivity contribution in [3.63, 3.8) is 0 Å². The predicted molar refractivity (Wildman–Crippen MR) is 140 cm³/mol. The van der Waals surface area contributed by atoms with Crippen LogP contribution in [0.2, 0.25) is 0 Å². The molecule has 196 valence electrons. The van der Waals surface area contributed by atoms with Crippen LogP contribution in [0.4, 0.5) is 0 Å². The Kier molecular flexibility index (Phi) is 4.77. The second-order valence-electron chi connectivity index (χ2n) is 8.33. The van der Waals surface area contributed by atoms with Crippen LogP contribution in [0.1, 0.15) is 66.6 Å². The second-order valence-corrected chi connectivity index (χ2v) is 10.0. The Balaban J connectivity index is 1.77. The third kappa shape index (κ3) is 5.47. The van der Waals surface area contributed by atoms with Crippen LogP contribution in [-0.4, -0.2) is 65.8 Å². The van der Waals surface area contributed by atoms with E-state index in [1.54, 1.807) is 0 Å². The van der Waals surface area contributed by atoms with Gasteiger partial charge in [-0.05, 0) is 63.8 Å². The molecule has 1 fully saturated rings. The van der Waals surface area contributed by atoms with Crippen LogP contribution in [0, 0.1) is 0 Å². The number of ether oxygens (including phenoxy) is 1. The second kappa shape index (κ2) is 11.1. The first-order valence-corrected chi connectivity index (χ1v) is 12.9. The zero-order chi connectivity index (χ0) is 35.3. The number of benzene rings is 1. The summed E-state index contributed by atoms with van der Waals surface area (Å²) in [5, 5.41) is 4.13. The number of aryl methyl sites for hydroxylation is 2. The first-order valence-electron chi connectivity index (χ1n) is 17.0. The van der Waals surface area contributed by atoms with Crippen molar-refractivity contribution in [3.05, 3.63) is 34.2 Å². The number of aromatic amines is 1. The van der Waals surface area contributed by atoms with Crippen molar-refractivity contribution >= 4 is 21.1 Å². The van der Waals surface area contributed by atoms with Crippen LogP contribution >= 0.6 is 0 Å². The summed E-state index contributed by atoms with van der Waals surface area (Å²) in [6.45, 7) is -5.65. The summed E-state index contributed by atoms with van der Waals surface area (Å²) in [7, 11) is -3.23. The molecule has 36 heavy (non-hydrogen) atoms. The third-order valence-corrected chi connectivity index (χ3v) is 7.04. The normalized spacial score (nSPS) is 23.6. The molecule has 0 bridgehead atoms. The molecule has 3 heterocycles. The maximum absolute atomic E-state index is 13.5. The lowest BCUT2D eigenvalue weighted by Crippen LogP contribution is -2.31. The number of aromatic nitrogens is 4. The molecule has 1 aliphatic heterocycles. The largest absolute Gasteiger partial charge is 0.493 e. The summed E-state index contributed by atoms with van der Waals surface area (Å²) in [5.74, 6) is -0.0973. The van der Waals surface area contributed by atoms with Gasteiger partial charge in [-0.1, -0.05) is 20.1 Å². The molecule has 1 aromatic carbocycles. The minimum absolute atomic E-state index is 0.0251. The quantitative estimate of drug-likeness (QED) is 0.393. The molecule has 0 aliphatic carbocycles. The Bertz CT molecular complexity index is 1790. The number of nitrogens with zero attached hydrogens (tertiary/aromatic N) is 4. The van der Waals surface area contributed by atoms with Crippen LogP contribution in [0.15, 0.2) is 27.9 Å². The van der Waals surface area contributed by atoms with Gasteiger partial charge in [0, 0.05) is 34.7 Å². The molecule has 3 aromatic rings. The molecule has 0 saturated carbocycles. The number of H-pyrrole nitrogens is 1. The summed E-state index contributed by atoms with van der Waals surface area (Å²) in [6.07, 6.45) is -4.99. The van der Waals surface area contributed by atoms with Crippen LogP contribution in [0.25, 0.3) is 22.4 Å². The fourth-order valence-corrected chi connectivity index (χ4v) is 4.87. The minimum Gasteiger partial charge on any atom is -0.493 e. The van der Waals surface area contributed by atoms with Gasteiger partial charge < -0.3 is 14.6 Å². The van der Waals surface area contributed by atoms with Crippen molar-refractivity contribution in [2.24, 2.45) is 7.05 Å². The monoisotopic (exact) mass is 527 g/mol. The predicted octanol–water partition coefficient (Wildman–Crippen LogP) is 2.83. The highest BCUT2D eigenvalue weighted by molar-refractivity contribution is 7.89. The van der Waals surface area contributed by atoms with Gasteiger partial charge in [0.1, 0.15) is 17.1 Å². The van der Waals surface area contributed by atoms with E-state index in [2.05, 4.69) is 15.1 Å². The molecule has 4 rings (SSSR count). The molecule has 1 aliphatic rings. The van der Waals surface area contributed by atoms with Gasteiger partial charge in [0.15, 0.2) is 5.52 Å². The van der Waals surface area contributed by atoms with E-state index < -0.39 is 66.0 Å². The molecule has 2 aromatic heterocycles. The molecule has 0 amide bonds. The fourth-order valence-electron chi connectivity index (χ4n) is 3.99. The number of nitrogens with one attached hydrogen (secondary N) is 2. The Hall–Kier alpha value is -2.76. The number of fused-ring (bicyclic) bond motifs is 1. The number of rotatable bonds is 11. The highest BCUT2D eigenvalue weighted by Gasteiger charge is 2.23. The molecule has 0 radical (unpaired) electrons. The molecular formula is C25H36N6O4S. The van der Waals surface area contributed by atoms with E-state index in [4.69, 9.17) is 19.8 Å². The standard InChI is InChI=1S/C25H36N6O4S/c1-5-8-20-22-23(31(4)29-20)25(32)28-24(27-22)19-16-18(10-11-21(19)35-15-6-2)36(33,34)26-13-12-17-9-7-14-30(17)3/h10-11,16-17,26H,5-9,12-15H2,1-4H3,(H,27,28,32)/i1D3,3D3,5D2,12D2,13D. The average Bonchev–Trinajstić information content (AvgIpc) is 3.57. The molecule has 11 heteroatoms. The summed E-state index contributed by atoms with van der Waals surface area (Å²) in [5.41, 5.74) is -1.06. The maximum atomic E-state index is 13.5. The van der Waals surface area contributed by atoms with E-state index in [1.807, 2.05) is 11.6 Å². The van der Waals surface area contributed by atoms with Crippen molar-refractivity contribution in [1.82, 2.24) is 29.4 Å². The number of hydrogen-bond acceptors (Lipinski definition) is 7. The third-order valence-electron chi connectivity index (χ3n) is 5.74. The first kappa shape index (κ1) is 15.5. The van der Waals surface area contributed by atoms with E-state index in [1.165, 1.54) is 13.1 Å². The molecule has 1 saturated heterocycles. The van der Waals surface area contributed by atoms with Crippen LogP contribution in [0.3, 0.4) is 0 Å². The molecule has 0 spiro atoms. The molecule has 10 nitrogen and oxygen atoms in total. The van der Waals surface area contributed by atoms with Gasteiger partial charge in [-0.2, -0.15) is 5.10 Å². The van der Waals surface area contributed by atoms with Gasteiger partial charge in [-0.25, -0.2) is 18.1 Å². The molecule has 2 atom stereocenters. The van der Waals surface area contributed by atoms with Crippen LogP contribution in [0.5, 0.6) is 5.75 Å². The lowest BCUT2D eigenvalue weighted by molar-refractivity contribution is 0.297. The van der Waals surface area contributed by atoms with Gasteiger partial charge in [-0.15, -0.1) is 0 Å². The van der Waals surface area contributed by atoms with Crippen molar-refractivity contribution < 1.29 is 28.2 Å². The SMILES string of the molecule is [2H]C(NS(=O)(=O)c1ccc(OCCC)c(-c2nc3c(CC([2H])([2H])C([2H])([2H])[2H])nn(C)c3c(=O)[nH]2)c1)C([2H])([2H])C1CCCN1C([2H])([2H])[2H]. The van der Waals surface area contributed by atoms with E-state index >= 15 is 0 Å². The molecule has 2 N–H and O–H groups in total. The van der Waals surface area contributed by atoms with Gasteiger partial charge in [0.05, 0.1) is 22.8 Å². The Morgan fingerprint density at radius 3 is 3.03 bits per heavy atom. The number of hydrogen-bond donors (Lipinski definition) is 2. The lowest BCUT2D eigenvalue weighted by atomic mass is 10.1. The van der Waals surface area contributed by atoms with E-state index in [0.717, 1.165) is 21.7 Å². The van der Waals surface area contributed by atoms with Crippen molar-refractivity contribution in [2.45, 2.75) is 63.1 Å². The van der Waals surface area contributed by atoms with E-state index in [0.29, 0.717) is 12.8 Å². The lowest BCUT2D eigenvalue weighted by Gasteiger charge is -2.19. The van der Waals surface area contributed by atoms with Crippen LogP contribution in [-0.2, 0) is 23.5 Å². The smallest absolute Gasteiger partial charge is 0.277 e.